The molecule has 0 fully saturated rings. The van der Waals surface area contributed by atoms with Crippen molar-refractivity contribution in [3.8, 4) is 0 Å². The number of hydrogen-bond acceptors (Lipinski definition) is 2. The molecule has 0 amide bonds. The van der Waals surface area contributed by atoms with Gasteiger partial charge in [-0.3, -0.25) is 9.59 Å². The quantitative estimate of drug-likeness (QED) is 0.623. The molecule has 0 heterocycles. The maximum Gasteiger partial charge on any atom is 0.166 e. The highest BCUT2D eigenvalue weighted by molar-refractivity contribution is 6.22. The van der Waals surface area contributed by atoms with E-state index in [1.807, 2.05) is 13.8 Å². The number of carbonyl (C=O) groups excluding carboxylic acids is 2. The third kappa shape index (κ3) is 2.27. The van der Waals surface area contributed by atoms with Gasteiger partial charge in [0.25, 0.3) is 0 Å². The van der Waals surface area contributed by atoms with Gasteiger partial charge in [-0.15, -0.1) is 0 Å². The second-order valence-corrected chi connectivity index (χ2v) is 3.61. The molecular weight excluding hydrogens is 164 g/mol. The molecular formula is C11H16O2. The molecule has 2 nitrogen and oxygen atoms in total. The second-order valence-electron chi connectivity index (χ2n) is 3.61. The Balaban J connectivity index is 2.65. The van der Waals surface area contributed by atoms with Crippen LogP contribution in [-0.2, 0) is 9.59 Å². The molecule has 0 bridgehead atoms. The van der Waals surface area contributed by atoms with Crippen molar-refractivity contribution in [2.45, 2.75) is 46.0 Å². The van der Waals surface area contributed by atoms with Crippen LogP contribution in [0.5, 0.6) is 0 Å². The van der Waals surface area contributed by atoms with E-state index < -0.39 is 0 Å². The molecule has 0 radical (unpaired) electrons. The normalized spacial score (nSPS) is 16.9. The zero-order valence-electron chi connectivity index (χ0n) is 8.35. The molecule has 0 saturated heterocycles. The van der Waals surface area contributed by atoms with E-state index in [-0.39, 0.29) is 11.6 Å². The van der Waals surface area contributed by atoms with Gasteiger partial charge in [0.1, 0.15) is 0 Å². The minimum absolute atomic E-state index is 0.0543. The molecule has 13 heavy (non-hydrogen) atoms. The zero-order chi connectivity index (χ0) is 9.84. The Bertz CT molecular complexity index is 261. The van der Waals surface area contributed by atoms with Crippen LogP contribution in [0.2, 0.25) is 0 Å². The summed E-state index contributed by atoms with van der Waals surface area (Å²) in [5.74, 6) is 0.112. The van der Waals surface area contributed by atoms with Gasteiger partial charge in [0.05, 0.1) is 5.57 Å². The fourth-order valence-electron chi connectivity index (χ4n) is 1.64. The second kappa shape index (κ2) is 4.35. The summed E-state index contributed by atoms with van der Waals surface area (Å²) >= 11 is 0. The topological polar surface area (TPSA) is 34.1 Å². The molecule has 0 aromatic carbocycles. The smallest absolute Gasteiger partial charge is 0.166 e. The van der Waals surface area contributed by atoms with Gasteiger partial charge < -0.3 is 0 Å². The van der Waals surface area contributed by atoms with E-state index >= 15 is 0 Å². The van der Waals surface area contributed by atoms with Crippen molar-refractivity contribution in [3.63, 3.8) is 0 Å². The molecule has 0 atom stereocenters. The number of hydrogen-bond donors (Lipinski definition) is 0. The van der Waals surface area contributed by atoms with E-state index in [4.69, 9.17) is 0 Å². The molecule has 0 unspecified atom stereocenters. The maximum atomic E-state index is 11.5. The molecule has 0 N–H and O–H groups in total. The molecule has 0 aromatic rings. The first-order valence-electron chi connectivity index (χ1n) is 4.93. The van der Waals surface area contributed by atoms with E-state index in [0.29, 0.717) is 18.4 Å². The van der Waals surface area contributed by atoms with Crippen LogP contribution < -0.4 is 0 Å². The average molecular weight is 180 g/mol. The van der Waals surface area contributed by atoms with E-state index in [1.165, 1.54) is 0 Å². The Morgan fingerprint density at radius 2 is 2.08 bits per heavy atom. The molecule has 1 aliphatic rings. The molecule has 0 spiro atoms. The minimum Gasteiger partial charge on any atom is -0.294 e. The Morgan fingerprint density at radius 1 is 1.38 bits per heavy atom. The summed E-state index contributed by atoms with van der Waals surface area (Å²) in [6, 6.07) is 0. The highest BCUT2D eigenvalue weighted by Crippen LogP contribution is 2.24. The Kier molecular flexibility index (Phi) is 3.40. The summed E-state index contributed by atoms with van der Waals surface area (Å²) in [6.45, 7) is 3.94. The Morgan fingerprint density at radius 3 is 2.54 bits per heavy atom. The molecule has 0 aromatic heterocycles. The van der Waals surface area contributed by atoms with Crippen molar-refractivity contribution >= 4 is 11.6 Å². The number of ketones is 2. The van der Waals surface area contributed by atoms with Crippen LogP contribution in [0.15, 0.2) is 11.1 Å². The van der Waals surface area contributed by atoms with Crippen molar-refractivity contribution < 1.29 is 9.59 Å². The van der Waals surface area contributed by atoms with Crippen molar-refractivity contribution in [1.29, 1.82) is 0 Å². The monoisotopic (exact) mass is 180 g/mol. The van der Waals surface area contributed by atoms with Crippen LogP contribution in [-0.4, -0.2) is 11.6 Å². The largest absolute Gasteiger partial charge is 0.294 e. The van der Waals surface area contributed by atoms with Crippen LogP contribution >= 0.6 is 0 Å². The summed E-state index contributed by atoms with van der Waals surface area (Å²) in [7, 11) is 0. The number of unbranched alkanes of at least 4 members (excludes halogenated alkanes) is 1. The molecule has 1 aliphatic carbocycles. The first-order valence-corrected chi connectivity index (χ1v) is 4.93. The van der Waals surface area contributed by atoms with Gasteiger partial charge in [0, 0.05) is 12.8 Å². The summed E-state index contributed by atoms with van der Waals surface area (Å²) in [4.78, 5) is 22.9. The van der Waals surface area contributed by atoms with Crippen LogP contribution in [0.4, 0.5) is 0 Å². The summed E-state index contributed by atoms with van der Waals surface area (Å²) < 4.78 is 0. The van der Waals surface area contributed by atoms with Crippen LogP contribution in [0.3, 0.4) is 0 Å². The fourth-order valence-corrected chi connectivity index (χ4v) is 1.64. The lowest BCUT2D eigenvalue weighted by atomic mass is 10.0. The van der Waals surface area contributed by atoms with E-state index in [9.17, 15) is 9.59 Å². The molecule has 72 valence electrons. The standard InChI is InChI=1S/C11H16O2/c1-3-4-5-9(12)11-8(2)6-7-10(11)13/h3-7H2,1-2H3. The number of Topliss-reactive ketones (excluding diaryl/α,β-unsaturated/α-hetero) is 2. The number of carbonyl (C=O) groups is 2. The predicted octanol–water partition coefficient (Wildman–Crippen LogP) is 2.43. The summed E-state index contributed by atoms with van der Waals surface area (Å²) in [5.41, 5.74) is 1.50. The Labute approximate surface area is 79.0 Å². The van der Waals surface area contributed by atoms with Gasteiger partial charge in [0.15, 0.2) is 11.6 Å². The SMILES string of the molecule is CCCCC(=O)C1=C(C)CCC1=O. The number of allylic oxidation sites excluding steroid dienone is 2. The fraction of sp³-hybridized carbons (Fsp3) is 0.636. The van der Waals surface area contributed by atoms with Gasteiger partial charge in [-0.25, -0.2) is 0 Å². The van der Waals surface area contributed by atoms with Crippen molar-refractivity contribution in [3.05, 3.63) is 11.1 Å². The molecule has 1 rings (SSSR count). The summed E-state index contributed by atoms with van der Waals surface area (Å²) in [6.07, 6.45) is 3.76. The average Bonchev–Trinajstić information content (AvgIpc) is 2.42. The highest BCUT2D eigenvalue weighted by Gasteiger charge is 2.25. The van der Waals surface area contributed by atoms with Gasteiger partial charge in [-0.1, -0.05) is 18.9 Å². The van der Waals surface area contributed by atoms with E-state index in [0.717, 1.165) is 24.8 Å². The van der Waals surface area contributed by atoms with Crippen LogP contribution in [0, 0.1) is 0 Å². The van der Waals surface area contributed by atoms with Crippen molar-refractivity contribution in [1.82, 2.24) is 0 Å². The van der Waals surface area contributed by atoms with E-state index in [2.05, 4.69) is 0 Å². The van der Waals surface area contributed by atoms with Crippen LogP contribution in [0.1, 0.15) is 46.0 Å². The van der Waals surface area contributed by atoms with Gasteiger partial charge in [-0.2, -0.15) is 0 Å². The zero-order valence-corrected chi connectivity index (χ0v) is 8.35. The Hall–Kier alpha value is -0.920. The van der Waals surface area contributed by atoms with Gasteiger partial charge in [-0.05, 0) is 19.8 Å². The van der Waals surface area contributed by atoms with Gasteiger partial charge in [0.2, 0.25) is 0 Å². The highest BCUT2D eigenvalue weighted by atomic mass is 16.1. The van der Waals surface area contributed by atoms with Crippen molar-refractivity contribution in [2.75, 3.05) is 0 Å². The minimum atomic E-state index is 0.0543. The maximum absolute atomic E-state index is 11.5. The molecule has 0 aliphatic heterocycles. The predicted molar refractivity (Wildman–Crippen MR) is 51.5 cm³/mol. The third-order valence-corrected chi connectivity index (χ3v) is 2.47. The van der Waals surface area contributed by atoms with Crippen LogP contribution in [0.25, 0.3) is 0 Å². The first kappa shape index (κ1) is 10.2. The molecule has 0 saturated carbocycles. The lowest BCUT2D eigenvalue weighted by Gasteiger charge is -2.00. The lowest BCUT2D eigenvalue weighted by Crippen LogP contribution is -2.09. The van der Waals surface area contributed by atoms with Gasteiger partial charge >= 0.3 is 0 Å². The van der Waals surface area contributed by atoms with E-state index in [1.54, 1.807) is 0 Å². The first-order chi connectivity index (χ1) is 6.16. The number of rotatable bonds is 4. The molecule has 2 heteroatoms. The van der Waals surface area contributed by atoms with Crippen molar-refractivity contribution in [2.24, 2.45) is 0 Å². The summed E-state index contributed by atoms with van der Waals surface area (Å²) in [5, 5.41) is 0. The lowest BCUT2D eigenvalue weighted by molar-refractivity contribution is -0.120. The third-order valence-electron chi connectivity index (χ3n) is 2.47.